The van der Waals surface area contributed by atoms with Gasteiger partial charge in [0.1, 0.15) is 0 Å². The maximum absolute atomic E-state index is 6.11. The van der Waals surface area contributed by atoms with E-state index in [-0.39, 0.29) is 6.04 Å². The van der Waals surface area contributed by atoms with Gasteiger partial charge in [0, 0.05) is 24.8 Å². The molecule has 0 bridgehead atoms. The first-order chi connectivity index (χ1) is 8.61. The van der Waals surface area contributed by atoms with E-state index < -0.39 is 0 Å². The van der Waals surface area contributed by atoms with Crippen molar-refractivity contribution in [1.29, 1.82) is 0 Å². The molecule has 1 heterocycles. The topological polar surface area (TPSA) is 29.3 Å². The van der Waals surface area contributed by atoms with Crippen molar-refractivity contribution in [3.8, 4) is 0 Å². The molecule has 100 valence electrons. The normalized spacial score (nSPS) is 25.4. The van der Waals surface area contributed by atoms with E-state index >= 15 is 0 Å². The smallest absolute Gasteiger partial charge is 0.0399 e. The summed E-state index contributed by atoms with van der Waals surface area (Å²) in [6.45, 7) is 9.22. The second-order valence-electron chi connectivity index (χ2n) is 5.86. The fraction of sp³-hybridized carbons (Fsp3) is 0.625. The van der Waals surface area contributed by atoms with Gasteiger partial charge < -0.3 is 10.6 Å². The first-order valence-electron chi connectivity index (χ1n) is 7.20. The monoisotopic (exact) mass is 246 g/mol. The van der Waals surface area contributed by atoms with Gasteiger partial charge in [-0.05, 0) is 36.3 Å². The highest BCUT2D eigenvalue weighted by Gasteiger charge is 2.27. The summed E-state index contributed by atoms with van der Waals surface area (Å²) < 4.78 is 0. The van der Waals surface area contributed by atoms with Gasteiger partial charge in [0.15, 0.2) is 0 Å². The zero-order valence-electron chi connectivity index (χ0n) is 11.9. The van der Waals surface area contributed by atoms with Gasteiger partial charge in [0.2, 0.25) is 0 Å². The summed E-state index contributed by atoms with van der Waals surface area (Å²) in [6, 6.07) is 9.04. The quantitative estimate of drug-likeness (QED) is 0.884. The van der Waals surface area contributed by atoms with Crippen LogP contribution in [0, 0.1) is 11.8 Å². The van der Waals surface area contributed by atoms with Gasteiger partial charge in [-0.1, -0.05) is 39.0 Å². The van der Waals surface area contributed by atoms with Crippen LogP contribution >= 0.6 is 0 Å². The molecule has 0 saturated carbocycles. The highest BCUT2D eigenvalue weighted by atomic mass is 15.2. The van der Waals surface area contributed by atoms with Crippen LogP contribution in [0.5, 0.6) is 0 Å². The Hall–Kier alpha value is -1.02. The molecule has 2 heteroatoms. The van der Waals surface area contributed by atoms with E-state index in [0.29, 0.717) is 0 Å². The van der Waals surface area contributed by atoms with Crippen molar-refractivity contribution in [2.45, 2.75) is 39.7 Å². The van der Waals surface area contributed by atoms with Crippen LogP contribution in [0.25, 0.3) is 0 Å². The first kappa shape index (κ1) is 13.4. The number of hydrogen-bond donors (Lipinski definition) is 1. The summed E-state index contributed by atoms with van der Waals surface area (Å²) in [5.41, 5.74) is 8.92. The average Bonchev–Trinajstić information content (AvgIpc) is 2.70. The minimum atomic E-state index is 0.281. The van der Waals surface area contributed by atoms with Crippen molar-refractivity contribution < 1.29 is 0 Å². The Morgan fingerprint density at radius 3 is 2.44 bits per heavy atom. The van der Waals surface area contributed by atoms with Gasteiger partial charge in [-0.15, -0.1) is 0 Å². The molecule has 3 unspecified atom stereocenters. The molecule has 1 aromatic rings. The highest BCUT2D eigenvalue weighted by molar-refractivity contribution is 5.54. The average molecular weight is 246 g/mol. The van der Waals surface area contributed by atoms with Gasteiger partial charge in [-0.3, -0.25) is 0 Å². The van der Waals surface area contributed by atoms with Crippen molar-refractivity contribution >= 4 is 5.69 Å². The number of benzene rings is 1. The van der Waals surface area contributed by atoms with E-state index in [2.05, 4.69) is 49.9 Å². The molecular formula is C16H26N2. The molecule has 1 aliphatic heterocycles. The van der Waals surface area contributed by atoms with E-state index in [0.717, 1.165) is 24.7 Å². The molecule has 18 heavy (non-hydrogen) atoms. The SMILES string of the molecule is CCC(N)Cc1ccccc1N1CC(C)C(C)C1. The Kier molecular flexibility index (Phi) is 4.28. The number of nitrogens with zero attached hydrogens (tertiary/aromatic N) is 1. The fourth-order valence-electron chi connectivity index (χ4n) is 2.75. The molecule has 2 N–H and O–H groups in total. The second kappa shape index (κ2) is 5.75. The van der Waals surface area contributed by atoms with Crippen molar-refractivity contribution in [3.63, 3.8) is 0 Å². The molecule has 3 atom stereocenters. The van der Waals surface area contributed by atoms with Crippen LogP contribution in [-0.4, -0.2) is 19.1 Å². The molecule has 1 aromatic carbocycles. The Morgan fingerprint density at radius 2 is 1.83 bits per heavy atom. The van der Waals surface area contributed by atoms with Gasteiger partial charge in [-0.25, -0.2) is 0 Å². The van der Waals surface area contributed by atoms with Gasteiger partial charge in [0.25, 0.3) is 0 Å². The number of nitrogens with two attached hydrogens (primary N) is 1. The van der Waals surface area contributed by atoms with Gasteiger partial charge in [-0.2, -0.15) is 0 Å². The van der Waals surface area contributed by atoms with Crippen molar-refractivity contribution in [2.24, 2.45) is 17.6 Å². The number of anilines is 1. The lowest BCUT2D eigenvalue weighted by Crippen LogP contribution is -2.25. The van der Waals surface area contributed by atoms with Crippen LogP contribution in [0.1, 0.15) is 32.8 Å². The molecule has 0 aliphatic carbocycles. The van der Waals surface area contributed by atoms with Crippen molar-refractivity contribution in [2.75, 3.05) is 18.0 Å². The van der Waals surface area contributed by atoms with E-state index in [1.807, 2.05) is 0 Å². The largest absolute Gasteiger partial charge is 0.371 e. The summed E-state index contributed by atoms with van der Waals surface area (Å²) >= 11 is 0. The number of hydrogen-bond acceptors (Lipinski definition) is 2. The number of rotatable bonds is 4. The third kappa shape index (κ3) is 2.86. The molecule has 1 saturated heterocycles. The van der Waals surface area contributed by atoms with E-state index in [1.165, 1.54) is 24.3 Å². The zero-order valence-corrected chi connectivity index (χ0v) is 11.9. The van der Waals surface area contributed by atoms with Crippen LogP contribution in [-0.2, 0) is 6.42 Å². The lowest BCUT2D eigenvalue weighted by Gasteiger charge is -2.23. The van der Waals surface area contributed by atoms with Crippen LogP contribution in [0.3, 0.4) is 0 Å². The summed E-state index contributed by atoms with van der Waals surface area (Å²) in [5, 5.41) is 0. The van der Waals surface area contributed by atoms with Gasteiger partial charge in [0.05, 0.1) is 0 Å². The molecular weight excluding hydrogens is 220 g/mol. The Balaban J connectivity index is 2.17. The minimum absolute atomic E-state index is 0.281. The highest BCUT2D eigenvalue weighted by Crippen LogP contribution is 2.30. The van der Waals surface area contributed by atoms with E-state index in [1.54, 1.807) is 0 Å². The van der Waals surface area contributed by atoms with Crippen molar-refractivity contribution in [1.82, 2.24) is 0 Å². The molecule has 2 nitrogen and oxygen atoms in total. The van der Waals surface area contributed by atoms with Crippen LogP contribution in [0.2, 0.25) is 0 Å². The van der Waals surface area contributed by atoms with Crippen LogP contribution in [0.4, 0.5) is 5.69 Å². The zero-order chi connectivity index (χ0) is 13.1. The Morgan fingerprint density at radius 1 is 1.22 bits per heavy atom. The van der Waals surface area contributed by atoms with Gasteiger partial charge >= 0.3 is 0 Å². The molecule has 0 radical (unpaired) electrons. The maximum Gasteiger partial charge on any atom is 0.0399 e. The first-order valence-corrected chi connectivity index (χ1v) is 7.20. The molecule has 2 rings (SSSR count). The minimum Gasteiger partial charge on any atom is -0.371 e. The fourth-order valence-corrected chi connectivity index (χ4v) is 2.75. The van der Waals surface area contributed by atoms with Crippen LogP contribution in [0.15, 0.2) is 24.3 Å². The molecule has 0 amide bonds. The summed E-state index contributed by atoms with van der Waals surface area (Å²) in [4.78, 5) is 2.53. The lowest BCUT2D eigenvalue weighted by molar-refractivity contribution is 0.494. The van der Waals surface area contributed by atoms with E-state index in [4.69, 9.17) is 5.73 Å². The molecule has 1 aliphatic rings. The Bertz CT molecular complexity index is 378. The standard InChI is InChI=1S/C16H26N2/c1-4-15(17)9-14-7-5-6-8-16(14)18-10-12(2)13(3)11-18/h5-8,12-13,15H,4,9-11,17H2,1-3H3. The summed E-state index contributed by atoms with van der Waals surface area (Å²) in [7, 11) is 0. The third-order valence-electron chi connectivity index (χ3n) is 4.33. The predicted octanol–water partition coefficient (Wildman–Crippen LogP) is 3.06. The second-order valence-corrected chi connectivity index (χ2v) is 5.86. The molecule has 1 fully saturated rings. The summed E-state index contributed by atoms with van der Waals surface area (Å²) in [6.07, 6.45) is 2.03. The summed E-state index contributed by atoms with van der Waals surface area (Å²) in [5.74, 6) is 1.58. The molecule has 0 spiro atoms. The van der Waals surface area contributed by atoms with Crippen molar-refractivity contribution in [3.05, 3.63) is 29.8 Å². The number of para-hydroxylation sites is 1. The predicted molar refractivity (Wildman–Crippen MR) is 79.0 cm³/mol. The molecule has 0 aromatic heterocycles. The Labute approximate surface area is 111 Å². The van der Waals surface area contributed by atoms with Crippen LogP contribution < -0.4 is 10.6 Å². The lowest BCUT2D eigenvalue weighted by atomic mass is 10.0. The third-order valence-corrected chi connectivity index (χ3v) is 4.33. The van der Waals surface area contributed by atoms with E-state index in [9.17, 15) is 0 Å². The maximum atomic E-state index is 6.11.